The second kappa shape index (κ2) is 5.52. The highest BCUT2D eigenvalue weighted by Crippen LogP contribution is 2.26. The van der Waals surface area contributed by atoms with Gasteiger partial charge in [0.2, 0.25) is 0 Å². The van der Waals surface area contributed by atoms with Gasteiger partial charge in [0, 0.05) is 16.6 Å². The van der Waals surface area contributed by atoms with Crippen LogP contribution in [0, 0.1) is 5.82 Å². The van der Waals surface area contributed by atoms with Gasteiger partial charge in [-0.2, -0.15) is 0 Å². The second-order valence-corrected chi connectivity index (χ2v) is 4.89. The zero-order valence-corrected chi connectivity index (χ0v) is 11.2. The van der Waals surface area contributed by atoms with Gasteiger partial charge in [-0.3, -0.25) is 0 Å². The Bertz CT molecular complexity index is 531. The fraction of sp³-hybridized carbons (Fsp3) is 0.0769. The molecule has 0 heterocycles. The van der Waals surface area contributed by atoms with Crippen molar-refractivity contribution in [3.8, 4) is 0 Å². The maximum atomic E-state index is 13.4. The first kappa shape index (κ1) is 12.4. The molecule has 2 rings (SSSR count). The number of hydrogen-bond acceptors (Lipinski definition) is 1. The molecular weight excluding hydrogens is 305 g/mol. The minimum absolute atomic E-state index is 0.217. The number of anilines is 1. The van der Waals surface area contributed by atoms with Gasteiger partial charge in [-0.15, -0.1) is 0 Å². The maximum absolute atomic E-state index is 13.4. The van der Waals surface area contributed by atoms with E-state index in [0.29, 0.717) is 17.1 Å². The Morgan fingerprint density at radius 1 is 1.18 bits per heavy atom. The van der Waals surface area contributed by atoms with Gasteiger partial charge < -0.3 is 5.32 Å². The molecule has 0 saturated heterocycles. The van der Waals surface area contributed by atoms with Gasteiger partial charge in [-0.05, 0) is 24.3 Å². The van der Waals surface area contributed by atoms with E-state index in [1.54, 1.807) is 18.2 Å². The highest BCUT2D eigenvalue weighted by atomic mass is 79.9. The molecule has 0 amide bonds. The lowest BCUT2D eigenvalue weighted by Gasteiger charge is -2.09. The van der Waals surface area contributed by atoms with E-state index < -0.39 is 0 Å². The van der Waals surface area contributed by atoms with Crippen LogP contribution in [0.2, 0.25) is 5.02 Å². The monoisotopic (exact) mass is 313 g/mol. The quantitative estimate of drug-likeness (QED) is 0.853. The largest absolute Gasteiger partial charge is 0.380 e. The Kier molecular flexibility index (Phi) is 4.02. The van der Waals surface area contributed by atoms with E-state index in [-0.39, 0.29) is 5.82 Å². The molecule has 0 unspecified atom stereocenters. The molecule has 2 aromatic rings. The van der Waals surface area contributed by atoms with Crippen LogP contribution in [0.15, 0.2) is 46.9 Å². The summed E-state index contributed by atoms with van der Waals surface area (Å²) >= 11 is 9.39. The van der Waals surface area contributed by atoms with E-state index in [9.17, 15) is 4.39 Å². The fourth-order valence-electron chi connectivity index (χ4n) is 1.47. The smallest absolute Gasteiger partial charge is 0.128 e. The Labute approximate surface area is 113 Å². The van der Waals surface area contributed by atoms with E-state index in [1.165, 1.54) is 6.07 Å². The SMILES string of the molecule is Fc1ccccc1CNc1cc(Br)ccc1Cl. The number of hydrogen-bond donors (Lipinski definition) is 1. The molecular formula is C13H10BrClFN. The minimum Gasteiger partial charge on any atom is -0.380 e. The van der Waals surface area contributed by atoms with Crippen LogP contribution in [0.5, 0.6) is 0 Å². The summed E-state index contributed by atoms with van der Waals surface area (Å²) in [7, 11) is 0. The first-order chi connectivity index (χ1) is 8.16. The average molecular weight is 315 g/mol. The zero-order chi connectivity index (χ0) is 12.3. The summed E-state index contributed by atoms with van der Waals surface area (Å²) in [5, 5.41) is 3.72. The van der Waals surface area contributed by atoms with Gasteiger partial charge in [-0.1, -0.05) is 45.7 Å². The lowest BCUT2D eigenvalue weighted by atomic mass is 10.2. The van der Waals surface area contributed by atoms with Crippen molar-refractivity contribution in [3.05, 3.63) is 63.3 Å². The molecule has 0 radical (unpaired) electrons. The predicted octanol–water partition coefficient (Wildman–Crippen LogP) is 4.85. The normalized spacial score (nSPS) is 10.3. The van der Waals surface area contributed by atoms with Crippen molar-refractivity contribution in [2.24, 2.45) is 0 Å². The van der Waals surface area contributed by atoms with Crippen molar-refractivity contribution in [1.29, 1.82) is 0 Å². The van der Waals surface area contributed by atoms with Crippen molar-refractivity contribution in [1.82, 2.24) is 0 Å². The molecule has 88 valence electrons. The van der Waals surface area contributed by atoms with Gasteiger partial charge in [0.1, 0.15) is 5.82 Å². The van der Waals surface area contributed by atoms with Crippen LogP contribution in [0.25, 0.3) is 0 Å². The molecule has 0 spiro atoms. The summed E-state index contributed by atoms with van der Waals surface area (Å²) in [6, 6.07) is 12.2. The van der Waals surface area contributed by atoms with E-state index in [2.05, 4.69) is 21.2 Å². The second-order valence-electron chi connectivity index (χ2n) is 3.57. The van der Waals surface area contributed by atoms with Crippen LogP contribution in [-0.2, 0) is 6.54 Å². The van der Waals surface area contributed by atoms with E-state index in [1.807, 2.05) is 18.2 Å². The number of halogens is 3. The van der Waals surface area contributed by atoms with Gasteiger partial charge in [0.15, 0.2) is 0 Å². The predicted molar refractivity (Wildman–Crippen MR) is 72.9 cm³/mol. The average Bonchev–Trinajstić information content (AvgIpc) is 2.32. The molecule has 0 aliphatic heterocycles. The number of rotatable bonds is 3. The fourth-order valence-corrected chi connectivity index (χ4v) is 2.01. The standard InChI is InChI=1S/C13H10BrClFN/c14-10-5-6-11(15)13(7-10)17-8-9-3-1-2-4-12(9)16/h1-7,17H,8H2. The summed E-state index contributed by atoms with van der Waals surface area (Å²) in [4.78, 5) is 0. The van der Waals surface area contributed by atoms with Crippen LogP contribution in [0.3, 0.4) is 0 Å². The molecule has 0 atom stereocenters. The van der Waals surface area contributed by atoms with Crippen LogP contribution in [0.4, 0.5) is 10.1 Å². The molecule has 0 aliphatic carbocycles. The van der Waals surface area contributed by atoms with E-state index in [0.717, 1.165) is 10.2 Å². The Morgan fingerprint density at radius 3 is 2.71 bits per heavy atom. The maximum Gasteiger partial charge on any atom is 0.128 e. The lowest BCUT2D eigenvalue weighted by molar-refractivity contribution is 0.613. The third kappa shape index (κ3) is 3.20. The third-order valence-electron chi connectivity index (χ3n) is 2.36. The van der Waals surface area contributed by atoms with Crippen molar-refractivity contribution in [2.45, 2.75) is 6.54 Å². The Hall–Kier alpha value is -1.06. The van der Waals surface area contributed by atoms with Crippen LogP contribution < -0.4 is 5.32 Å². The van der Waals surface area contributed by atoms with Crippen molar-refractivity contribution in [3.63, 3.8) is 0 Å². The Morgan fingerprint density at radius 2 is 1.94 bits per heavy atom. The summed E-state index contributed by atoms with van der Waals surface area (Å²) in [5.41, 5.74) is 1.40. The minimum atomic E-state index is -0.217. The van der Waals surface area contributed by atoms with Gasteiger partial charge >= 0.3 is 0 Å². The molecule has 0 saturated carbocycles. The van der Waals surface area contributed by atoms with Crippen LogP contribution in [-0.4, -0.2) is 0 Å². The van der Waals surface area contributed by atoms with E-state index >= 15 is 0 Å². The van der Waals surface area contributed by atoms with Crippen molar-refractivity contribution >= 4 is 33.2 Å². The van der Waals surface area contributed by atoms with Gasteiger partial charge in [-0.25, -0.2) is 4.39 Å². The molecule has 17 heavy (non-hydrogen) atoms. The number of nitrogens with one attached hydrogen (secondary N) is 1. The number of benzene rings is 2. The summed E-state index contributed by atoms with van der Waals surface area (Å²) in [6.07, 6.45) is 0. The first-order valence-electron chi connectivity index (χ1n) is 5.09. The highest BCUT2D eigenvalue weighted by Gasteiger charge is 2.03. The summed E-state index contributed by atoms with van der Waals surface area (Å²) in [6.45, 7) is 0.406. The van der Waals surface area contributed by atoms with Gasteiger partial charge in [0.05, 0.1) is 10.7 Å². The van der Waals surface area contributed by atoms with Crippen LogP contribution in [0.1, 0.15) is 5.56 Å². The molecule has 0 fully saturated rings. The molecule has 2 aromatic carbocycles. The topological polar surface area (TPSA) is 12.0 Å². The van der Waals surface area contributed by atoms with Gasteiger partial charge in [0.25, 0.3) is 0 Å². The Balaban J connectivity index is 2.12. The van der Waals surface area contributed by atoms with E-state index in [4.69, 9.17) is 11.6 Å². The summed E-state index contributed by atoms with van der Waals surface area (Å²) in [5.74, 6) is -0.217. The third-order valence-corrected chi connectivity index (χ3v) is 3.18. The zero-order valence-electron chi connectivity index (χ0n) is 8.88. The first-order valence-corrected chi connectivity index (χ1v) is 6.26. The molecule has 0 aliphatic rings. The molecule has 0 bridgehead atoms. The highest BCUT2D eigenvalue weighted by molar-refractivity contribution is 9.10. The van der Waals surface area contributed by atoms with Crippen molar-refractivity contribution in [2.75, 3.05) is 5.32 Å². The van der Waals surface area contributed by atoms with Crippen molar-refractivity contribution < 1.29 is 4.39 Å². The molecule has 1 nitrogen and oxygen atoms in total. The molecule has 4 heteroatoms. The van der Waals surface area contributed by atoms with Crippen LogP contribution >= 0.6 is 27.5 Å². The summed E-state index contributed by atoms with van der Waals surface area (Å²) < 4.78 is 14.3. The molecule has 1 N–H and O–H groups in total. The lowest BCUT2D eigenvalue weighted by Crippen LogP contribution is -2.02. The molecule has 0 aromatic heterocycles.